The maximum absolute atomic E-state index is 12.3. The third-order valence-electron chi connectivity index (χ3n) is 4.10. The number of hydrogen-bond acceptors (Lipinski definition) is 3. The molecule has 0 aliphatic carbocycles. The van der Waals surface area contributed by atoms with Crippen LogP contribution in [0.25, 0.3) is 0 Å². The van der Waals surface area contributed by atoms with Crippen LogP contribution in [0.2, 0.25) is 0 Å². The number of aliphatic hydroxyl groups is 1. The Morgan fingerprint density at radius 2 is 2.11 bits per heavy atom. The van der Waals surface area contributed by atoms with E-state index in [9.17, 15) is 9.59 Å². The van der Waals surface area contributed by atoms with E-state index in [2.05, 4.69) is 0 Å². The van der Waals surface area contributed by atoms with Gasteiger partial charge in [0.15, 0.2) is 0 Å². The van der Waals surface area contributed by atoms with Gasteiger partial charge in [-0.15, -0.1) is 0 Å². The van der Waals surface area contributed by atoms with Crippen LogP contribution in [0.3, 0.4) is 0 Å². The van der Waals surface area contributed by atoms with Crippen LogP contribution in [-0.2, 0) is 4.79 Å². The van der Waals surface area contributed by atoms with Crippen LogP contribution in [0.4, 0.5) is 4.79 Å². The molecule has 6 heteroatoms. The van der Waals surface area contributed by atoms with Gasteiger partial charge in [0, 0.05) is 25.2 Å². The molecular formula is C12H20N2O4. The molecule has 0 radical (unpaired) electrons. The monoisotopic (exact) mass is 256 g/mol. The molecule has 2 rings (SSSR count). The number of rotatable bonds is 4. The van der Waals surface area contributed by atoms with Gasteiger partial charge in [-0.25, -0.2) is 4.79 Å². The third kappa shape index (κ3) is 2.05. The number of carboxylic acids is 1. The third-order valence-corrected chi connectivity index (χ3v) is 4.10. The lowest BCUT2D eigenvalue weighted by Crippen LogP contribution is -2.47. The van der Waals surface area contributed by atoms with E-state index in [0.29, 0.717) is 19.5 Å². The molecule has 0 aromatic heterocycles. The van der Waals surface area contributed by atoms with E-state index in [1.54, 1.807) is 9.80 Å². The fourth-order valence-electron chi connectivity index (χ4n) is 3.23. The van der Waals surface area contributed by atoms with Crippen molar-refractivity contribution in [3.05, 3.63) is 0 Å². The zero-order chi connectivity index (χ0) is 13.3. The number of aliphatic carboxylic acids is 1. The van der Waals surface area contributed by atoms with Crippen molar-refractivity contribution in [1.29, 1.82) is 0 Å². The standard InChI is InChI=1S/C12H20N2O4/c1-2-13(5-6-15)12(18)14-8-3-4-10(14)9(7-8)11(16)17/h8-10,15H,2-7H2,1H3,(H,16,17). The van der Waals surface area contributed by atoms with Crippen molar-refractivity contribution in [3.63, 3.8) is 0 Å². The molecule has 18 heavy (non-hydrogen) atoms. The molecule has 2 amide bonds. The number of hydrogen-bond donors (Lipinski definition) is 2. The van der Waals surface area contributed by atoms with E-state index in [4.69, 9.17) is 10.2 Å². The number of urea groups is 1. The van der Waals surface area contributed by atoms with Crippen molar-refractivity contribution in [2.24, 2.45) is 5.92 Å². The summed E-state index contributed by atoms with van der Waals surface area (Å²) in [5, 5.41) is 18.1. The minimum absolute atomic E-state index is 0.0644. The van der Waals surface area contributed by atoms with Crippen molar-refractivity contribution in [2.45, 2.75) is 38.3 Å². The quantitative estimate of drug-likeness (QED) is 0.761. The fourth-order valence-corrected chi connectivity index (χ4v) is 3.23. The van der Waals surface area contributed by atoms with Crippen molar-refractivity contribution >= 4 is 12.0 Å². The van der Waals surface area contributed by atoms with Crippen molar-refractivity contribution in [2.75, 3.05) is 19.7 Å². The summed E-state index contributed by atoms with van der Waals surface area (Å²) in [6, 6.07) is -0.216. The second-order valence-corrected chi connectivity index (χ2v) is 4.97. The number of carboxylic acid groups (broad SMARTS) is 1. The topological polar surface area (TPSA) is 81.1 Å². The molecule has 0 saturated carbocycles. The van der Waals surface area contributed by atoms with Crippen LogP contribution in [0, 0.1) is 5.92 Å². The lowest BCUT2D eigenvalue weighted by Gasteiger charge is -2.30. The van der Waals surface area contributed by atoms with Crippen LogP contribution < -0.4 is 0 Å². The zero-order valence-corrected chi connectivity index (χ0v) is 10.6. The Labute approximate surface area is 106 Å². The number of nitrogens with zero attached hydrogens (tertiary/aromatic N) is 2. The molecule has 2 saturated heterocycles. The summed E-state index contributed by atoms with van der Waals surface area (Å²) in [4.78, 5) is 26.8. The van der Waals surface area contributed by atoms with Crippen molar-refractivity contribution < 1.29 is 19.8 Å². The molecule has 6 nitrogen and oxygen atoms in total. The van der Waals surface area contributed by atoms with E-state index in [1.807, 2.05) is 6.92 Å². The number of aliphatic hydroxyl groups excluding tert-OH is 1. The Bertz CT molecular complexity index is 347. The summed E-state index contributed by atoms with van der Waals surface area (Å²) < 4.78 is 0. The molecular weight excluding hydrogens is 236 g/mol. The molecule has 102 valence electrons. The highest BCUT2D eigenvalue weighted by atomic mass is 16.4. The molecule has 2 aliphatic heterocycles. The molecule has 2 N–H and O–H groups in total. The smallest absolute Gasteiger partial charge is 0.320 e. The van der Waals surface area contributed by atoms with E-state index in [1.165, 1.54) is 0 Å². The lowest BCUT2D eigenvalue weighted by molar-refractivity contribution is -0.142. The van der Waals surface area contributed by atoms with Gasteiger partial charge in [0.1, 0.15) is 0 Å². The van der Waals surface area contributed by atoms with Gasteiger partial charge in [-0.3, -0.25) is 4.79 Å². The predicted octanol–water partition coefficient (Wildman–Crippen LogP) is 0.358. The maximum atomic E-state index is 12.3. The van der Waals surface area contributed by atoms with Gasteiger partial charge in [-0.1, -0.05) is 0 Å². The Morgan fingerprint density at radius 3 is 2.61 bits per heavy atom. The number of amides is 2. The second kappa shape index (κ2) is 5.14. The molecule has 2 bridgehead atoms. The average molecular weight is 256 g/mol. The number of carbonyl (C=O) groups excluding carboxylic acids is 1. The van der Waals surface area contributed by atoms with Gasteiger partial charge in [0.05, 0.1) is 12.5 Å². The van der Waals surface area contributed by atoms with E-state index in [0.717, 1.165) is 12.8 Å². The summed E-state index contributed by atoms with van der Waals surface area (Å²) in [5.41, 5.74) is 0. The van der Waals surface area contributed by atoms with Crippen LogP contribution in [0.15, 0.2) is 0 Å². The first-order valence-electron chi connectivity index (χ1n) is 6.51. The van der Waals surface area contributed by atoms with Gasteiger partial charge >= 0.3 is 12.0 Å². The number of likely N-dealkylation sites (N-methyl/N-ethyl adjacent to an activating group) is 1. The number of fused-ring (bicyclic) bond motifs is 2. The minimum atomic E-state index is -0.801. The Morgan fingerprint density at radius 1 is 1.39 bits per heavy atom. The summed E-state index contributed by atoms with van der Waals surface area (Å²) in [6.07, 6.45) is 2.25. The molecule has 2 fully saturated rings. The first-order chi connectivity index (χ1) is 8.60. The van der Waals surface area contributed by atoms with Crippen molar-refractivity contribution in [1.82, 2.24) is 9.80 Å². The van der Waals surface area contributed by atoms with Gasteiger partial charge < -0.3 is 20.0 Å². The van der Waals surface area contributed by atoms with Gasteiger partial charge in [-0.05, 0) is 26.2 Å². The van der Waals surface area contributed by atoms with E-state index >= 15 is 0 Å². The molecule has 0 spiro atoms. The summed E-state index contributed by atoms with van der Waals surface area (Å²) >= 11 is 0. The summed E-state index contributed by atoms with van der Waals surface area (Å²) in [7, 11) is 0. The second-order valence-electron chi connectivity index (χ2n) is 4.97. The van der Waals surface area contributed by atoms with Crippen LogP contribution in [0.5, 0.6) is 0 Å². The Hall–Kier alpha value is -1.30. The fraction of sp³-hybridized carbons (Fsp3) is 0.833. The molecule has 0 aromatic carbocycles. The largest absolute Gasteiger partial charge is 0.481 e. The van der Waals surface area contributed by atoms with Gasteiger partial charge in [0.2, 0.25) is 0 Å². The molecule has 2 aliphatic rings. The lowest BCUT2D eigenvalue weighted by atomic mass is 9.89. The highest BCUT2D eigenvalue weighted by Gasteiger charge is 2.52. The molecule has 3 unspecified atom stereocenters. The molecule has 2 heterocycles. The summed E-state index contributed by atoms with van der Waals surface area (Å²) in [5.74, 6) is -1.22. The van der Waals surface area contributed by atoms with E-state index in [-0.39, 0.29) is 24.7 Å². The Balaban J connectivity index is 2.10. The SMILES string of the molecule is CCN(CCO)C(=O)N1C2CCC1C(C(=O)O)C2. The Kier molecular flexibility index (Phi) is 3.75. The van der Waals surface area contributed by atoms with Crippen LogP contribution in [-0.4, -0.2) is 63.8 Å². The molecule has 3 atom stereocenters. The predicted molar refractivity (Wildman–Crippen MR) is 64.1 cm³/mol. The number of carbonyl (C=O) groups is 2. The molecule has 0 aromatic rings. The zero-order valence-electron chi connectivity index (χ0n) is 10.6. The average Bonchev–Trinajstić information content (AvgIpc) is 2.92. The van der Waals surface area contributed by atoms with Crippen LogP contribution in [0.1, 0.15) is 26.2 Å². The van der Waals surface area contributed by atoms with Crippen LogP contribution >= 0.6 is 0 Å². The van der Waals surface area contributed by atoms with E-state index < -0.39 is 11.9 Å². The maximum Gasteiger partial charge on any atom is 0.320 e. The van der Waals surface area contributed by atoms with Crippen molar-refractivity contribution in [3.8, 4) is 0 Å². The normalized spacial score (nSPS) is 29.7. The first kappa shape index (κ1) is 13.1. The van der Waals surface area contributed by atoms with Gasteiger partial charge in [-0.2, -0.15) is 0 Å². The highest BCUT2D eigenvalue weighted by Crippen LogP contribution is 2.42. The minimum Gasteiger partial charge on any atom is -0.481 e. The first-order valence-corrected chi connectivity index (χ1v) is 6.51. The summed E-state index contributed by atoms with van der Waals surface area (Å²) in [6.45, 7) is 2.64. The van der Waals surface area contributed by atoms with Gasteiger partial charge in [0.25, 0.3) is 0 Å². The highest BCUT2D eigenvalue weighted by molar-refractivity contribution is 5.79.